The Morgan fingerprint density at radius 2 is 2.00 bits per heavy atom. The lowest BCUT2D eigenvalue weighted by molar-refractivity contribution is -0.406. The number of quaternary nitrogens is 2. The van der Waals surface area contributed by atoms with Gasteiger partial charge < -0.3 is 31.8 Å². The predicted molar refractivity (Wildman–Crippen MR) is 56.9 cm³/mol. The van der Waals surface area contributed by atoms with Gasteiger partial charge in [-0.05, 0) is 19.8 Å². The first kappa shape index (κ1) is 15.8. The number of carboxylic acid groups (broad SMARTS) is 1. The van der Waals surface area contributed by atoms with E-state index < -0.39 is 30.1 Å². The number of aliphatic carboxylic acids is 1. The molecule has 17 heavy (non-hydrogen) atoms. The minimum Gasteiger partial charge on any atom is -0.548 e. The van der Waals surface area contributed by atoms with Gasteiger partial charge in [0.1, 0.15) is 0 Å². The largest absolute Gasteiger partial charge is 0.548 e. The predicted octanol–water partition coefficient (Wildman–Crippen LogP) is -4.38. The first-order valence-corrected chi connectivity index (χ1v) is 5.71. The molecule has 7 heteroatoms. The van der Waals surface area contributed by atoms with Crippen LogP contribution in [0.15, 0.2) is 0 Å². The Morgan fingerprint density at radius 3 is 2.41 bits per heavy atom. The molecule has 0 aromatic rings. The van der Waals surface area contributed by atoms with Crippen molar-refractivity contribution in [3.8, 4) is 0 Å². The van der Waals surface area contributed by atoms with Crippen LogP contribution in [0.4, 0.5) is 0 Å². The van der Waals surface area contributed by atoms with E-state index in [4.69, 9.17) is 5.11 Å². The highest BCUT2D eigenvalue weighted by atomic mass is 16.4. The summed E-state index contributed by atoms with van der Waals surface area (Å²) in [5, 5.41) is 22.0. The number of nitrogens with one attached hydrogen (secondary N) is 1. The molecule has 1 amide bonds. The van der Waals surface area contributed by atoms with Gasteiger partial charge in [0.2, 0.25) is 0 Å². The summed E-state index contributed by atoms with van der Waals surface area (Å²) in [5.74, 6) is -1.98. The van der Waals surface area contributed by atoms with Gasteiger partial charge in [-0.15, -0.1) is 0 Å². The minimum atomic E-state index is -1.50. The standard InChI is InChI=1S/C10H21N3O4/c1-6(14)8(10(16)17)13-9(15)7(12)4-2-3-5-11/h6-8,14H,2-5,11-12H2,1H3,(H,13,15)(H,16,17)/p+1/t6-,7+,8+/m1/s1. The Morgan fingerprint density at radius 1 is 1.41 bits per heavy atom. The fourth-order valence-corrected chi connectivity index (χ4v) is 1.35. The van der Waals surface area contributed by atoms with Gasteiger partial charge in [-0.2, -0.15) is 0 Å². The summed E-state index contributed by atoms with van der Waals surface area (Å²) in [5.41, 5.74) is 7.34. The zero-order valence-corrected chi connectivity index (χ0v) is 10.1. The summed E-state index contributed by atoms with van der Waals surface area (Å²) in [6.45, 7) is 2.07. The van der Waals surface area contributed by atoms with E-state index in [-0.39, 0.29) is 0 Å². The van der Waals surface area contributed by atoms with Crippen LogP contribution in [0.2, 0.25) is 0 Å². The SMILES string of the molecule is C[C@@H](O)[C@H](NC(=O)[C@@H]([NH3+])CCCC[NH3+])C(=O)[O-]. The van der Waals surface area contributed by atoms with E-state index in [0.717, 1.165) is 19.4 Å². The number of unbranched alkanes of at least 4 members (excludes halogenated alkanes) is 1. The average Bonchev–Trinajstić information content (AvgIpc) is 2.24. The lowest BCUT2D eigenvalue weighted by Gasteiger charge is -2.23. The Balaban J connectivity index is 4.16. The van der Waals surface area contributed by atoms with Crippen molar-refractivity contribution in [3.05, 3.63) is 0 Å². The van der Waals surface area contributed by atoms with Crippen molar-refractivity contribution in [2.75, 3.05) is 6.54 Å². The van der Waals surface area contributed by atoms with Gasteiger partial charge in [-0.25, -0.2) is 0 Å². The van der Waals surface area contributed by atoms with Crippen LogP contribution in [0, 0.1) is 0 Å². The van der Waals surface area contributed by atoms with Gasteiger partial charge in [-0.3, -0.25) is 4.79 Å². The van der Waals surface area contributed by atoms with E-state index in [9.17, 15) is 14.7 Å². The van der Waals surface area contributed by atoms with Crippen LogP contribution in [0.1, 0.15) is 26.2 Å². The van der Waals surface area contributed by atoms with Crippen LogP contribution >= 0.6 is 0 Å². The molecule has 0 aliphatic rings. The highest BCUT2D eigenvalue weighted by molar-refractivity contribution is 5.85. The smallest absolute Gasteiger partial charge is 0.278 e. The average molecular weight is 248 g/mol. The van der Waals surface area contributed by atoms with Crippen molar-refractivity contribution in [2.45, 2.75) is 44.4 Å². The highest BCUT2D eigenvalue weighted by Crippen LogP contribution is 1.98. The second-order valence-corrected chi connectivity index (χ2v) is 4.09. The molecule has 0 aliphatic carbocycles. The minimum absolute atomic E-state index is 0.482. The molecule has 7 nitrogen and oxygen atoms in total. The maximum absolute atomic E-state index is 11.6. The summed E-state index contributed by atoms with van der Waals surface area (Å²) in [7, 11) is 0. The van der Waals surface area contributed by atoms with Crippen molar-refractivity contribution < 1.29 is 31.3 Å². The maximum atomic E-state index is 11.6. The van der Waals surface area contributed by atoms with E-state index in [1.54, 1.807) is 0 Å². The zero-order valence-electron chi connectivity index (χ0n) is 10.1. The second kappa shape index (κ2) is 7.99. The van der Waals surface area contributed by atoms with Gasteiger partial charge in [0, 0.05) is 6.42 Å². The number of hydrogen-bond donors (Lipinski definition) is 4. The summed E-state index contributed by atoms with van der Waals surface area (Å²) in [4.78, 5) is 22.2. The second-order valence-electron chi connectivity index (χ2n) is 4.09. The third-order valence-electron chi connectivity index (χ3n) is 2.46. The van der Waals surface area contributed by atoms with Crippen LogP contribution in [0.25, 0.3) is 0 Å². The fourth-order valence-electron chi connectivity index (χ4n) is 1.35. The van der Waals surface area contributed by atoms with Crippen molar-refractivity contribution >= 4 is 11.9 Å². The van der Waals surface area contributed by atoms with Crippen LogP contribution in [-0.2, 0) is 9.59 Å². The number of aliphatic hydroxyl groups is 1. The zero-order chi connectivity index (χ0) is 13.4. The molecule has 0 spiro atoms. The molecule has 0 fully saturated rings. The van der Waals surface area contributed by atoms with Crippen LogP contribution in [0.5, 0.6) is 0 Å². The lowest BCUT2D eigenvalue weighted by atomic mass is 10.1. The van der Waals surface area contributed by atoms with Gasteiger partial charge in [-0.1, -0.05) is 0 Å². The van der Waals surface area contributed by atoms with Gasteiger partial charge >= 0.3 is 0 Å². The van der Waals surface area contributed by atoms with Gasteiger partial charge in [0.15, 0.2) is 6.04 Å². The van der Waals surface area contributed by atoms with Crippen LogP contribution < -0.4 is 21.9 Å². The summed E-state index contributed by atoms with van der Waals surface area (Å²) in [6, 6.07) is -1.92. The monoisotopic (exact) mass is 248 g/mol. The van der Waals surface area contributed by atoms with Crippen molar-refractivity contribution in [3.63, 3.8) is 0 Å². The molecule has 100 valence electrons. The van der Waals surface area contributed by atoms with Crippen LogP contribution in [0.3, 0.4) is 0 Å². The number of rotatable bonds is 8. The molecule has 0 aromatic heterocycles. The molecule has 0 saturated carbocycles. The van der Waals surface area contributed by atoms with Crippen molar-refractivity contribution in [2.24, 2.45) is 0 Å². The van der Waals surface area contributed by atoms with E-state index in [1.165, 1.54) is 6.92 Å². The van der Waals surface area contributed by atoms with Crippen molar-refractivity contribution in [1.29, 1.82) is 0 Å². The number of carbonyl (C=O) groups is 2. The Labute approximate surface area is 100 Å². The molecule has 0 aromatic carbocycles. The first-order valence-electron chi connectivity index (χ1n) is 5.71. The van der Waals surface area contributed by atoms with Gasteiger partial charge in [0.25, 0.3) is 5.91 Å². The number of carboxylic acids is 1. The van der Waals surface area contributed by atoms with Crippen molar-refractivity contribution in [1.82, 2.24) is 5.32 Å². The highest BCUT2D eigenvalue weighted by Gasteiger charge is 2.23. The number of aliphatic hydroxyl groups excluding tert-OH is 1. The van der Waals surface area contributed by atoms with Gasteiger partial charge in [0.05, 0.1) is 24.7 Å². The molecule has 0 saturated heterocycles. The van der Waals surface area contributed by atoms with E-state index in [2.05, 4.69) is 16.8 Å². The number of hydrogen-bond acceptors (Lipinski definition) is 4. The normalized spacial score (nSPS) is 16.0. The third kappa shape index (κ3) is 6.20. The molecule has 0 heterocycles. The molecular formula is C10H22N3O4+. The van der Waals surface area contributed by atoms with E-state index >= 15 is 0 Å². The van der Waals surface area contributed by atoms with E-state index in [0.29, 0.717) is 6.42 Å². The Hall–Kier alpha value is -1.18. The summed E-state index contributed by atoms with van der Waals surface area (Å²) >= 11 is 0. The topological polar surface area (TPSA) is 145 Å². The fraction of sp³-hybridized carbons (Fsp3) is 0.800. The third-order valence-corrected chi connectivity index (χ3v) is 2.46. The lowest BCUT2D eigenvalue weighted by Crippen LogP contribution is -2.69. The molecular weight excluding hydrogens is 226 g/mol. The Kier molecular flexibility index (Phi) is 7.44. The first-order chi connectivity index (χ1) is 7.90. The summed E-state index contributed by atoms with van der Waals surface area (Å²) < 4.78 is 0. The van der Waals surface area contributed by atoms with E-state index in [1.807, 2.05) is 0 Å². The molecule has 0 rings (SSSR count). The Bertz CT molecular complexity index is 258. The maximum Gasteiger partial charge on any atom is 0.278 e. The molecule has 0 radical (unpaired) electrons. The molecule has 8 N–H and O–H groups in total. The number of amides is 1. The molecule has 3 atom stereocenters. The molecule has 0 unspecified atom stereocenters. The molecule has 0 bridgehead atoms. The quantitative estimate of drug-likeness (QED) is 0.321. The summed E-state index contributed by atoms with van der Waals surface area (Å²) in [6.07, 6.45) is 1.09. The molecule has 0 aliphatic heterocycles. The van der Waals surface area contributed by atoms with Crippen LogP contribution in [-0.4, -0.2) is 41.7 Å². The number of carbonyl (C=O) groups excluding carboxylic acids is 2.